The molecule has 0 radical (unpaired) electrons. The number of benzene rings is 2. The van der Waals surface area contributed by atoms with Crippen LogP contribution in [-0.4, -0.2) is 33.4 Å². The molecule has 1 fully saturated rings. The average molecular weight is 612 g/mol. The summed E-state index contributed by atoms with van der Waals surface area (Å²) in [7, 11) is 0. The predicted molar refractivity (Wildman–Crippen MR) is 158 cm³/mol. The number of allylic oxidation sites excluding steroid dienone is 1. The molecule has 1 N–H and O–H groups in total. The number of nitrogens with zero attached hydrogens (tertiary/aromatic N) is 3. The molecule has 0 amide bonds. The fraction of sp³-hybridized carbons (Fsp3) is 0.433. The van der Waals surface area contributed by atoms with Crippen LogP contribution < -0.4 is 10.1 Å². The zero-order valence-electron chi connectivity index (χ0n) is 22.5. The van der Waals surface area contributed by atoms with Crippen LogP contribution in [0, 0.1) is 0 Å². The first-order valence-corrected chi connectivity index (χ1v) is 15.6. The van der Waals surface area contributed by atoms with Gasteiger partial charge in [0.2, 0.25) is 11.1 Å². The maximum absolute atomic E-state index is 13.8. The van der Waals surface area contributed by atoms with Gasteiger partial charge in [0.25, 0.3) is 0 Å². The number of fused-ring (bicyclic) bond motifs is 1. The molecular weight excluding hydrogens is 576 g/mol. The number of carbonyl (C=O) groups is 1. The molecular formula is C30H35BrN4O3S. The number of aromatic nitrogens is 3. The molecule has 1 saturated carbocycles. The number of carbonyl (C=O) groups excluding carboxylic acids is 1. The summed E-state index contributed by atoms with van der Waals surface area (Å²) in [6.07, 6.45) is 7.13. The van der Waals surface area contributed by atoms with Crippen molar-refractivity contribution in [3.05, 3.63) is 75.4 Å². The van der Waals surface area contributed by atoms with Crippen LogP contribution in [0.15, 0.2) is 69.4 Å². The molecule has 2 heterocycles. The number of halogens is 1. The van der Waals surface area contributed by atoms with Crippen LogP contribution >= 0.6 is 27.7 Å². The highest BCUT2D eigenvalue weighted by Gasteiger charge is 2.38. The molecule has 2 aliphatic rings. The second-order valence-corrected chi connectivity index (χ2v) is 11.9. The summed E-state index contributed by atoms with van der Waals surface area (Å²) in [6, 6.07) is 15.7. The number of anilines is 1. The second kappa shape index (κ2) is 13.0. The van der Waals surface area contributed by atoms with Crippen molar-refractivity contribution in [2.75, 3.05) is 11.9 Å². The van der Waals surface area contributed by atoms with Gasteiger partial charge in [-0.3, -0.25) is 0 Å². The number of ether oxygens (including phenoxy) is 2. The highest BCUT2D eigenvalue weighted by molar-refractivity contribution is 9.10. The number of nitrogens with one attached hydrogen (secondary N) is 1. The summed E-state index contributed by atoms with van der Waals surface area (Å²) in [5, 5.41) is 8.88. The van der Waals surface area contributed by atoms with Crippen molar-refractivity contribution in [1.82, 2.24) is 14.8 Å². The zero-order chi connectivity index (χ0) is 27.2. The molecule has 1 unspecified atom stereocenters. The first-order chi connectivity index (χ1) is 19.0. The van der Waals surface area contributed by atoms with Gasteiger partial charge in [-0.2, -0.15) is 4.98 Å². The summed E-state index contributed by atoms with van der Waals surface area (Å²) in [5.74, 6) is 1.77. The number of unbranched alkanes of at least 4 members (excludes halogenated alkanes) is 1. The third-order valence-electron chi connectivity index (χ3n) is 7.11. The Morgan fingerprint density at radius 3 is 2.72 bits per heavy atom. The van der Waals surface area contributed by atoms with Crippen LogP contribution in [0.3, 0.4) is 0 Å². The van der Waals surface area contributed by atoms with Crippen molar-refractivity contribution in [2.45, 2.75) is 81.8 Å². The van der Waals surface area contributed by atoms with Gasteiger partial charge in [0, 0.05) is 21.5 Å². The van der Waals surface area contributed by atoms with Crippen molar-refractivity contribution in [1.29, 1.82) is 0 Å². The lowest BCUT2D eigenvalue weighted by atomic mass is 9.94. The molecule has 5 rings (SSSR count). The summed E-state index contributed by atoms with van der Waals surface area (Å²) in [6.45, 7) is 4.65. The second-order valence-electron chi connectivity index (χ2n) is 10.1. The summed E-state index contributed by atoms with van der Waals surface area (Å²) < 4.78 is 15.0. The maximum Gasteiger partial charge on any atom is 0.338 e. The molecule has 0 spiro atoms. The van der Waals surface area contributed by atoms with E-state index in [-0.39, 0.29) is 12.1 Å². The summed E-state index contributed by atoms with van der Waals surface area (Å²) in [4.78, 5) is 18.6. The third-order valence-corrected chi connectivity index (χ3v) is 8.51. The Balaban J connectivity index is 1.51. The van der Waals surface area contributed by atoms with Crippen LogP contribution in [0.25, 0.3) is 0 Å². The SMILES string of the molecule is CCCCOc1ccc(Br)cc1C1C(C(=O)OC2CCCCC2)=C(C)Nc2nc(SCc3ccccc3)nn21. The van der Waals surface area contributed by atoms with Gasteiger partial charge >= 0.3 is 5.97 Å². The van der Waals surface area contributed by atoms with E-state index in [0.29, 0.717) is 23.3 Å². The minimum atomic E-state index is -0.537. The Hall–Kier alpha value is -2.78. The molecule has 7 nitrogen and oxygen atoms in total. The predicted octanol–water partition coefficient (Wildman–Crippen LogP) is 7.68. The van der Waals surface area contributed by atoms with Crippen LogP contribution in [0.2, 0.25) is 0 Å². The number of esters is 1. The number of thioether (sulfide) groups is 1. The fourth-order valence-corrected chi connectivity index (χ4v) is 6.22. The smallest absolute Gasteiger partial charge is 0.338 e. The Morgan fingerprint density at radius 2 is 1.95 bits per heavy atom. The number of hydrogen-bond acceptors (Lipinski definition) is 7. The summed E-state index contributed by atoms with van der Waals surface area (Å²) >= 11 is 5.21. The van der Waals surface area contributed by atoms with Gasteiger partial charge in [0.15, 0.2) is 0 Å². The zero-order valence-corrected chi connectivity index (χ0v) is 24.9. The normalized spacial score (nSPS) is 17.5. The van der Waals surface area contributed by atoms with Gasteiger partial charge in [-0.1, -0.05) is 77.8 Å². The Labute approximate surface area is 242 Å². The van der Waals surface area contributed by atoms with E-state index in [4.69, 9.17) is 19.6 Å². The van der Waals surface area contributed by atoms with Gasteiger partial charge in [-0.25, -0.2) is 9.48 Å². The van der Waals surface area contributed by atoms with Crippen molar-refractivity contribution >= 4 is 39.6 Å². The molecule has 0 saturated heterocycles. The van der Waals surface area contributed by atoms with Gasteiger partial charge in [-0.05, 0) is 62.8 Å². The maximum atomic E-state index is 13.8. The van der Waals surface area contributed by atoms with Crippen molar-refractivity contribution < 1.29 is 14.3 Å². The molecule has 1 aliphatic carbocycles. The number of hydrogen-bond donors (Lipinski definition) is 1. The van der Waals surface area contributed by atoms with E-state index in [9.17, 15) is 4.79 Å². The standard InChI is InChI=1S/C30H35BrN4O3S/c1-3-4-17-37-25-16-15-22(31)18-24(25)27-26(28(36)38-23-13-9-6-10-14-23)20(2)32-29-33-30(34-35(27)29)39-19-21-11-7-5-8-12-21/h5,7-8,11-12,15-16,18,23,27H,3-4,6,9-10,13-14,17,19H2,1-2H3,(H,32,33,34). The first kappa shape index (κ1) is 27.8. The largest absolute Gasteiger partial charge is 0.493 e. The van der Waals surface area contributed by atoms with E-state index in [1.165, 1.54) is 12.0 Å². The molecule has 206 valence electrons. The molecule has 0 bridgehead atoms. The van der Waals surface area contributed by atoms with E-state index in [0.717, 1.165) is 65.8 Å². The average Bonchev–Trinajstić information content (AvgIpc) is 3.35. The van der Waals surface area contributed by atoms with E-state index in [1.54, 1.807) is 11.8 Å². The lowest BCUT2D eigenvalue weighted by Crippen LogP contribution is -2.32. The van der Waals surface area contributed by atoms with Crippen LogP contribution in [0.1, 0.15) is 76.0 Å². The van der Waals surface area contributed by atoms with Gasteiger partial charge in [-0.15, -0.1) is 5.10 Å². The van der Waals surface area contributed by atoms with Gasteiger partial charge < -0.3 is 14.8 Å². The van der Waals surface area contributed by atoms with Crippen molar-refractivity contribution in [2.24, 2.45) is 0 Å². The van der Waals surface area contributed by atoms with Gasteiger partial charge in [0.05, 0.1) is 12.2 Å². The van der Waals surface area contributed by atoms with Crippen molar-refractivity contribution in [3.63, 3.8) is 0 Å². The minimum absolute atomic E-state index is 0.0517. The lowest BCUT2D eigenvalue weighted by molar-refractivity contribution is -0.146. The molecule has 1 atom stereocenters. The minimum Gasteiger partial charge on any atom is -0.493 e. The monoisotopic (exact) mass is 610 g/mol. The molecule has 3 aromatic rings. The van der Waals surface area contributed by atoms with Crippen LogP contribution in [0.4, 0.5) is 5.95 Å². The van der Waals surface area contributed by atoms with E-state index in [1.807, 2.05) is 48.0 Å². The molecule has 39 heavy (non-hydrogen) atoms. The molecule has 9 heteroatoms. The number of rotatable bonds is 10. The Morgan fingerprint density at radius 1 is 1.15 bits per heavy atom. The van der Waals surface area contributed by atoms with Crippen LogP contribution in [-0.2, 0) is 15.3 Å². The quantitative estimate of drug-likeness (QED) is 0.143. The molecule has 1 aromatic heterocycles. The Bertz CT molecular complexity index is 1320. The first-order valence-electron chi connectivity index (χ1n) is 13.8. The third kappa shape index (κ3) is 6.69. The van der Waals surface area contributed by atoms with E-state index >= 15 is 0 Å². The van der Waals surface area contributed by atoms with E-state index < -0.39 is 6.04 Å². The summed E-state index contributed by atoms with van der Waals surface area (Å²) in [5.41, 5.74) is 3.31. The van der Waals surface area contributed by atoms with Gasteiger partial charge in [0.1, 0.15) is 17.9 Å². The highest BCUT2D eigenvalue weighted by atomic mass is 79.9. The Kier molecular flexibility index (Phi) is 9.29. The fourth-order valence-electron chi connectivity index (χ4n) is 5.06. The molecule has 1 aliphatic heterocycles. The topological polar surface area (TPSA) is 78.3 Å². The van der Waals surface area contributed by atoms with E-state index in [2.05, 4.69) is 40.3 Å². The molecule has 2 aromatic carbocycles. The lowest BCUT2D eigenvalue weighted by Gasteiger charge is -2.31. The highest BCUT2D eigenvalue weighted by Crippen LogP contribution is 2.42. The van der Waals surface area contributed by atoms with Crippen molar-refractivity contribution in [3.8, 4) is 5.75 Å². The van der Waals surface area contributed by atoms with Crippen LogP contribution in [0.5, 0.6) is 5.75 Å².